The Kier molecular flexibility index (Phi) is 5.31. The van der Waals surface area contributed by atoms with Crippen LogP contribution in [-0.4, -0.2) is 37.3 Å². The summed E-state index contributed by atoms with van der Waals surface area (Å²) in [7, 11) is -1.78. The highest BCUT2D eigenvalue weighted by atomic mass is 31.2. The monoisotopic (exact) mass is 328 g/mol. The Labute approximate surface area is 127 Å². The predicted molar refractivity (Wildman–Crippen MR) is 76.6 cm³/mol. The molecule has 1 aliphatic rings. The van der Waals surface area contributed by atoms with E-state index in [1.807, 2.05) is 30.3 Å². The van der Waals surface area contributed by atoms with Crippen LogP contribution in [0.3, 0.4) is 0 Å². The van der Waals surface area contributed by atoms with Crippen molar-refractivity contribution < 1.29 is 27.8 Å². The third kappa shape index (κ3) is 3.92. The van der Waals surface area contributed by atoms with E-state index in [4.69, 9.17) is 4.62 Å². The molecule has 0 saturated carbocycles. The van der Waals surface area contributed by atoms with Crippen molar-refractivity contribution >= 4 is 19.8 Å². The Bertz CT molecular complexity index is 567. The van der Waals surface area contributed by atoms with Gasteiger partial charge in [-0.25, -0.2) is 9.36 Å². The van der Waals surface area contributed by atoms with Crippen molar-refractivity contribution in [3.8, 4) is 0 Å². The van der Waals surface area contributed by atoms with Crippen molar-refractivity contribution in [2.24, 2.45) is 0 Å². The topological polar surface area (TPSA) is 94.2 Å². The van der Waals surface area contributed by atoms with E-state index in [-0.39, 0.29) is 12.5 Å². The number of nitrogens with one attached hydrogen (secondary N) is 1. The first-order valence-corrected chi connectivity index (χ1v) is 8.02. The number of carbonyl (C=O) groups excluding carboxylic acids is 2. The summed E-state index contributed by atoms with van der Waals surface area (Å²) in [5, 5.41) is 3.01. The van der Waals surface area contributed by atoms with Gasteiger partial charge in [-0.2, -0.15) is 4.62 Å². The molecule has 1 aromatic carbocycles. The molecule has 1 unspecified atom stereocenters. The Balaban J connectivity index is 2.02. The standard InChI is InChI=1S/C13H17N2O6P/c1-19-22(18,20-2)21-15-12(16)9-11(14-13(15)17)8-10-6-4-3-5-7-10/h3-7,11H,8-9H2,1-2H3,(H,14,17). The Hall–Kier alpha value is -1.73. The Morgan fingerprint density at radius 1 is 1.23 bits per heavy atom. The molecule has 1 fully saturated rings. The molecular weight excluding hydrogens is 311 g/mol. The molecule has 0 radical (unpaired) electrons. The fraction of sp³-hybridized carbons (Fsp3) is 0.385. The van der Waals surface area contributed by atoms with Gasteiger partial charge in [0, 0.05) is 20.3 Å². The number of rotatable bonds is 6. The van der Waals surface area contributed by atoms with Crippen LogP contribution < -0.4 is 5.32 Å². The summed E-state index contributed by atoms with van der Waals surface area (Å²) >= 11 is 0. The molecule has 1 aromatic rings. The van der Waals surface area contributed by atoms with Gasteiger partial charge in [0.1, 0.15) is 0 Å². The summed E-state index contributed by atoms with van der Waals surface area (Å²) in [6, 6.07) is 8.30. The molecule has 0 spiro atoms. The summed E-state index contributed by atoms with van der Waals surface area (Å²) in [4.78, 5) is 24.0. The molecule has 120 valence electrons. The van der Waals surface area contributed by atoms with E-state index < -0.39 is 19.8 Å². The third-order valence-corrected chi connectivity index (χ3v) is 4.37. The molecule has 1 heterocycles. The largest absolute Gasteiger partial charge is 0.496 e. The smallest absolute Gasteiger partial charge is 0.332 e. The quantitative estimate of drug-likeness (QED) is 0.801. The summed E-state index contributed by atoms with van der Waals surface area (Å²) in [5.41, 5.74) is 0.995. The average Bonchev–Trinajstić information content (AvgIpc) is 2.52. The molecule has 1 atom stereocenters. The number of hydrogen-bond donors (Lipinski definition) is 1. The van der Waals surface area contributed by atoms with E-state index in [1.54, 1.807) is 0 Å². The van der Waals surface area contributed by atoms with Crippen LogP contribution in [0.5, 0.6) is 0 Å². The fourth-order valence-electron chi connectivity index (χ4n) is 2.04. The minimum Gasteiger partial charge on any atom is -0.332 e. The van der Waals surface area contributed by atoms with Crippen molar-refractivity contribution in [1.29, 1.82) is 0 Å². The van der Waals surface area contributed by atoms with Crippen LogP contribution in [0.1, 0.15) is 12.0 Å². The average molecular weight is 328 g/mol. The summed E-state index contributed by atoms with van der Waals surface area (Å²) in [5.74, 6) is -0.612. The lowest BCUT2D eigenvalue weighted by atomic mass is 10.0. The number of amides is 3. The first-order valence-electron chi connectivity index (χ1n) is 6.56. The van der Waals surface area contributed by atoms with Gasteiger partial charge >= 0.3 is 13.9 Å². The van der Waals surface area contributed by atoms with Crippen LogP contribution in [0.25, 0.3) is 0 Å². The Morgan fingerprint density at radius 2 is 1.86 bits per heavy atom. The molecule has 1 N–H and O–H groups in total. The van der Waals surface area contributed by atoms with Crippen molar-refractivity contribution in [1.82, 2.24) is 10.4 Å². The van der Waals surface area contributed by atoms with Crippen LogP contribution in [-0.2, 0) is 29.5 Å². The van der Waals surface area contributed by atoms with E-state index in [9.17, 15) is 14.2 Å². The lowest BCUT2D eigenvalue weighted by Crippen LogP contribution is -2.54. The second-order valence-corrected chi connectivity index (χ2v) is 6.41. The van der Waals surface area contributed by atoms with Crippen molar-refractivity contribution in [2.75, 3.05) is 14.2 Å². The zero-order valence-electron chi connectivity index (χ0n) is 12.2. The van der Waals surface area contributed by atoms with Crippen LogP contribution in [0, 0.1) is 0 Å². The normalized spacial score (nSPS) is 19.2. The van der Waals surface area contributed by atoms with E-state index in [0.717, 1.165) is 19.8 Å². The number of phosphoric acid groups is 1. The second kappa shape index (κ2) is 7.02. The Morgan fingerprint density at radius 3 is 2.41 bits per heavy atom. The van der Waals surface area contributed by atoms with Gasteiger partial charge in [-0.15, -0.1) is 5.06 Å². The van der Waals surface area contributed by atoms with Crippen LogP contribution in [0.2, 0.25) is 0 Å². The minimum absolute atomic E-state index is 0.0219. The molecule has 8 nitrogen and oxygen atoms in total. The van der Waals surface area contributed by atoms with Gasteiger partial charge in [0.25, 0.3) is 5.91 Å². The van der Waals surface area contributed by atoms with E-state index in [0.29, 0.717) is 11.5 Å². The second-order valence-electron chi connectivity index (χ2n) is 4.62. The zero-order valence-corrected chi connectivity index (χ0v) is 13.1. The van der Waals surface area contributed by atoms with Gasteiger partial charge < -0.3 is 5.32 Å². The number of nitrogens with zero attached hydrogens (tertiary/aromatic N) is 1. The zero-order chi connectivity index (χ0) is 16.2. The highest BCUT2D eigenvalue weighted by Crippen LogP contribution is 2.48. The number of hydroxylamine groups is 2. The van der Waals surface area contributed by atoms with Crippen molar-refractivity contribution in [3.63, 3.8) is 0 Å². The first-order chi connectivity index (χ1) is 10.5. The number of urea groups is 1. The fourth-order valence-corrected chi connectivity index (χ4v) is 2.68. The number of imide groups is 1. The van der Waals surface area contributed by atoms with Crippen LogP contribution in [0.15, 0.2) is 30.3 Å². The molecule has 22 heavy (non-hydrogen) atoms. The van der Waals surface area contributed by atoms with Gasteiger partial charge in [0.05, 0.1) is 6.42 Å². The first kappa shape index (κ1) is 16.6. The van der Waals surface area contributed by atoms with Gasteiger partial charge in [0.2, 0.25) is 0 Å². The molecule has 9 heteroatoms. The molecule has 0 bridgehead atoms. The predicted octanol–water partition coefficient (Wildman–Crippen LogP) is 1.87. The van der Waals surface area contributed by atoms with Gasteiger partial charge in [0.15, 0.2) is 0 Å². The molecule has 3 amide bonds. The molecule has 1 aliphatic heterocycles. The maximum Gasteiger partial charge on any atom is 0.496 e. The molecule has 0 aromatic heterocycles. The molecule has 2 rings (SSSR count). The molecule has 1 saturated heterocycles. The van der Waals surface area contributed by atoms with Gasteiger partial charge in [-0.1, -0.05) is 30.3 Å². The van der Waals surface area contributed by atoms with E-state index in [2.05, 4.69) is 14.4 Å². The lowest BCUT2D eigenvalue weighted by molar-refractivity contribution is -0.154. The maximum atomic E-state index is 12.0. The minimum atomic E-state index is -3.97. The SMILES string of the molecule is COP(=O)(OC)ON1C(=O)CC(Cc2ccccc2)NC1=O. The molecular formula is C13H17N2O6P. The maximum absolute atomic E-state index is 12.0. The van der Waals surface area contributed by atoms with Crippen molar-refractivity contribution in [3.05, 3.63) is 35.9 Å². The van der Waals surface area contributed by atoms with Gasteiger partial charge in [-0.3, -0.25) is 13.8 Å². The third-order valence-electron chi connectivity index (χ3n) is 3.11. The highest BCUT2D eigenvalue weighted by Gasteiger charge is 2.39. The highest BCUT2D eigenvalue weighted by molar-refractivity contribution is 7.48. The van der Waals surface area contributed by atoms with Crippen LogP contribution in [0.4, 0.5) is 4.79 Å². The van der Waals surface area contributed by atoms with Crippen LogP contribution >= 0.6 is 7.82 Å². The summed E-state index contributed by atoms with van der Waals surface area (Å²) < 4.78 is 25.7. The lowest BCUT2D eigenvalue weighted by Gasteiger charge is -2.31. The van der Waals surface area contributed by atoms with E-state index in [1.165, 1.54) is 0 Å². The van der Waals surface area contributed by atoms with E-state index >= 15 is 0 Å². The molecule has 0 aliphatic carbocycles. The van der Waals surface area contributed by atoms with Gasteiger partial charge in [-0.05, 0) is 12.0 Å². The summed E-state index contributed by atoms with van der Waals surface area (Å²) in [6.07, 6.45) is 0.534. The number of benzene rings is 1. The number of phosphoric ester groups is 1. The summed E-state index contributed by atoms with van der Waals surface area (Å²) in [6.45, 7) is 0. The van der Waals surface area contributed by atoms with Crippen molar-refractivity contribution in [2.45, 2.75) is 18.9 Å². The number of hydrogen-bond acceptors (Lipinski definition) is 6. The number of carbonyl (C=O) groups is 2.